The average molecular weight is 442 g/mol. The van der Waals surface area contributed by atoms with Crippen LogP contribution < -0.4 is 0 Å². The van der Waals surface area contributed by atoms with Crippen molar-refractivity contribution in [1.82, 2.24) is 14.5 Å². The van der Waals surface area contributed by atoms with E-state index in [0.29, 0.717) is 11.3 Å². The van der Waals surface area contributed by atoms with Gasteiger partial charge in [-0.2, -0.15) is 0 Å². The van der Waals surface area contributed by atoms with Crippen LogP contribution in [-0.4, -0.2) is 30.4 Å². The summed E-state index contributed by atoms with van der Waals surface area (Å²) in [5.74, 6) is -0.299. The molecule has 0 aliphatic rings. The molecule has 8 heteroatoms. The van der Waals surface area contributed by atoms with Crippen LogP contribution in [0.3, 0.4) is 0 Å². The van der Waals surface area contributed by atoms with E-state index >= 15 is 0 Å². The molecule has 8 nitrogen and oxygen atoms in total. The number of aromatic hydroxyl groups is 1. The van der Waals surface area contributed by atoms with Gasteiger partial charge in [-0.1, -0.05) is 48.5 Å². The zero-order valence-corrected chi connectivity index (χ0v) is 17.9. The first kappa shape index (κ1) is 21.8. The van der Waals surface area contributed by atoms with Gasteiger partial charge in [0.1, 0.15) is 11.4 Å². The second-order valence-electron chi connectivity index (χ2n) is 7.58. The molecule has 1 amide bonds. The number of nitrogens with zero attached hydrogens (tertiary/aromatic N) is 4. The zero-order chi connectivity index (χ0) is 23.4. The molecule has 0 saturated carbocycles. The van der Waals surface area contributed by atoms with Crippen molar-refractivity contribution in [3.05, 3.63) is 118 Å². The van der Waals surface area contributed by atoms with Gasteiger partial charge in [0.15, 0.2) is 0 Å². The molecule has 0 aliphatic carbocycles. The fourth-order valence-electron chi connectivity index (χ4n) is 3.71. The van der Waals surface area contributed by atoms with Crippen LogP contribution in [0.1, 0.15) is 34.5 Å². The molecule has 166 valence electrons. The van der Waals surface area contributed by atoms with Crippen LogP contribution >= 0.6 is 0 Å². The molecule has 0 spiro atoms. The topological polar surface area (TPSA) is 102 Å². The fraction of sp³-hybridized carbons (Fsp3) is 0.120. The van der Waals surface area contributed by atoms with Gasteiger partial charge in [-0.25, -0.2) is 4.98 Å². The first-order valence-corrected chi connectivity index (χ1v) is 10.3. The molecule has 1 heterocycles. The number of carbonyl (C=O) groups is 1. The van der Waals surface area contributed by atoms with Gasteiger partial charge in [-0.3, -0.25) is 14.9 Å². The summed E-state index contributed by atoms with van der Waals surface area (Å²) in [6, 6.07) is 20.4. The Morgan fingerprint density at radius 2 is 1.85 bits per heavy atom. The number of nitro benzene ring substituents is 1. The van der Waals surface area contributed by atoms with Crippen molar-refractivity contribution in [3.63, 3.8) is 0 Å². The smallest absolute Gasteiger partial charge is 0.294 e. The van der Waals surface area contributed by atoms with Gasteiger partial charge in [0.25, 0.3) is 11.6 Å². The minimum Gasteiger partial charge on any atom is -0.508 e. The van der Waals surface area contributed by atoms with Crippen molar-refractivity contribution in [1.29, 1.82) is 0 Å². The second-order valence-corrected chi connectivity index (χ2v) is 7.58. The first-order chi connectivity index (χ1) is 16.0. The zero-order valence-electron chi connectivity index (χ0n) is 17.9. The number of rotatable bonds is 7. The Labute approximate surface area is 190 Å². The number of phenolic OH excluding ortho intramolecular Hbond substituents is 1. The number of amides is 1. The predicted octanol–water partition coefficient (Wildman–Crippen LogP) is 4.89. The quantitative estimate of drug-likeness (QED) is 0.324. The lowest BCUT2D eigenvalue weighted by atomic mass is 10.0. The molecule has 0 saturated heterocycles. The maximum absolute atomic E-state index is 13.7. The molecule has 0 bridgehead atoms. The van der Waals surface area contributed by atoms with Gasteiger partial charge >= 0.3 is 0 Å². The summed E-state index contributed by atoms with van der Waals surface area (Å²) < 4.78 is 1.53. The van der Waals surface area contributed by atoms with Crippen LogP contribution in [0.15, 0.2) is 91.5 Å². The monoisotopic (exact) mass is 442 g/mol. The number of hydrogen-bond donors (Lipinski definition) is 1. The highest BCUT2D eigenvalue weighted by Gasteiger charge is 2.26. The van der Waals surface area contributed by atoms with E-state index in [1.54, 1.807) is 47.5 Å². The SMILES string of the molecule is C[C@@H](c1ccccc1)N(Cc1ccccc1O)C(=O)c1ccc(-n2ccnc2)c([N+](=O)[O-])c1. The van der Waals surface area contributed by atoms with Crippen LogP contribution in [0.2, 0.25) is 0 Å². The van der Waals surface area contributed by atoms with E-state index in [0.717, 1.165) is 5.56 Å². The highest BCUT2D eigenvalue weighted by molar-refractivity contribution is 5.95. The summed E-state index contributed by atoms with van der Waals surface area (Å²) in [7, 11) is 0. The van der Waals surface area contributed by atoms with Gasteiger partial charge in [-0.05, 0) is 30.7 Å². The van der Waals surface area contributed by atoms with E-state index in [-0.39, 0.29) is 35.5 Å². The lowest BCUT2D eigenvalue weighted by Gasteiger charge is -2.30. The van der Waals surface area contributed by atoms with E-state index in [2.05, 4.69) is 4.98 Å². The molecular formula is C25H22N4O4. The molecular weight excluding hydrogens is 420 g/mol. The number of imidazole rings is 1. The predicted molar refractivity (Wildman–Crippen MR) is 123 cm³/mol. The highest BCUT2D eigenvalue weighted by atomic mass is 16.6. The van der Waals surface area contributed by atoms with E-state index in [4.69, 9.17) is 0 Å². The molecule has 1 N–H and O–H groups in total. The van der Waals surface area contributed by atoms with Crippen molar-refractivity contribution in [2.75, 3.05) is 0 Å². The summed E-state index contributed by atoms with van der Waals surface area (Å²) in [5, 5.41) is 22.1. The summed E-state index contributed by atoms with van der Waals surface area (Å²) in [6.07, 6.45) is 4.59. The maximum atomic E-state index is 13.7. The van der Waals surface area contributed by atoms with E-state index in [9.17, 15) is 20.0 Å². The lowest BCUT2D eigenvalue weighted by molar-refractivity contribution is -0.384. The normalized spacial score (nSPS) is 11.7. The average Bonchev–Trinajstić information content (AvgIpc) is 3.38. The largest absolute Gasteiger partial charge is 0.508 e. The van der Waals surface area contributed by atoms with E-state index < -0.39 is 4.92 Å². The van der Waals surface area contributed by atoms with Crippen LogP contribution in [0.5, 0.6) is 5.75 Å². The second kappa shape index (κ2) is 9.35. The van der Waals surface area contributed by atoms with Gasteiger partial charge < -0.3 is 14.6 Å². The fourth-order valence-corrected chi connectivity index (χ4v) is 3.71. The molecule has 0 fully saturated rings. The molecule has 1 aromatic heterocycles. The van der Waals surface area contributed by atoms with Crippen LogP contribution in [-0.2, 0) is 6.54 Å². The van der Waals surface area contributed by atoms with E-state index in [1.807, 2.05) is 37.3 Å². The number of phenols is 1. The summed E-state index contributed by atoms with van der Waals surface area (Å²) in [4.78, 5) is 30.4. The van der Waals surface area contributed by atoms with Crippen molar-refractivity contribution < 1.29 is 14.8 Å². The molecule has 4 aromatic rings. The molecule has 0 aliphatic heterocycles. The van der Waals surface area contributed by atoms with Crippen molar-refractivity contribution in [2.24, 2.45) is 0 Å². The Kier molecular flexibility index (Phi) is 6.17. The minimum absolute atomic E-state index is 0.0806. The Balaban J connectivity index is 1.75. The lowest BCUT2D eigenvalue weighted by Crippen LogP contribution is -2.33. The number of benzene rings is 3. The summed E-state index contributed by atoms with van der Waals surface area (Å²) >= 11 is 0. The van der Waals surface area contributed by atoms with Gasteiger partial charge in [0, 0.05) is 29.6 Å². The maximum Gasteiger partial charge on any atom is 0.294 e. The van der Waals surface area contributed by atoms with Crippen LogP contribution in [0, 0.1) is 10.1 Å². The summed E-state index contributed by atoms with van der Waals surface area (Å²) in [6.45, 7) is 2.03. The minimum atomic E-state index is -0.514. The molecule has 1 atom stereocenters. The Morgan fingerprint density at radius 1 is 1.12 bits per heavy atom. The molecule has 0 unspecified atom stereocenters. The Hall–Kier alpha value is -4.46. The standard InChI is InChI=1S/C25H22N4O4/c1-18(19-7-3-2-4-8-19)28(16-21-9-5-6-10-24(21)30)25(31)20-11-12-22(23(15-20)29(32)33)27-14-13-26-17-27/h2-15,17-18,30H,16H2,1H3/t18-/m0/s1. The number of carbonyl (C=O) groups excluding carboxylic acids is 1. The number of hydrogen-bond acceptors (Lipinski definition) is 5. The highest BCUT2D eigenvalue weighted by Crippen LogP contribution is 2.30. The Bertz CT molecular complexity index is 1270. The molecule has 33 heavy (non-hydrogen) atoms. The van der Waals surface area contributed by atoms with Crippen LogP contribution in [0.25, 0.3) is 5.69 Å². The summed E-state index contributed by atoms with van der Waals surface area (Å²) in [5.41, 5.74) is 1.79. The Morgan fingerprint density at radius 3 is 2.52 bits per heavy atom. The third-order valence-corrected chi connectivity index (χ3v) is 5.54. The number of aromatic nitrogens is 2. The third kappa shape index (κ3) is 4.59. The molecule has 0 radical (unpaired) electrons. The van der Waals surface area contributed by atoms with Crippen molar-refractivity contribution in [3.8, 4) is 11.4 Å². The molecule has 4 rings (SSSR count). The molecule has 3 aromatic carbocycles. The van der Waals surface area contributed by atoms with Crippen LogP contribution in [0.4, 0.5) is 5.69 Å². The van der Waals surface area contributed by atoms with Gasteiger partial charge in [0.05, 0.1) is 23.8 Å². The van der Waals surface area contributed by atoms with Crippen molar-refractivity contribution in [2.45, 2.75) is 19.5 Å². The first-order valence-electron chi connectivity index (χ1n) is 10.3. The van der Waals surface area contributed by atoms with E-state index in [1.165, 1.54) is 23.2 Å². The van der Waals surface area contributed by atoms with Gasteiger partial charge in [-0.15, -0.1) is 0 Å². The number of nitro groups is 1. The van der Waals surface area contributed by atoms with Gasteiger partial charge in [0.2, 0.25) is 0 Å². The number of para-hydroxylation sites is 1. The van der Waals surface area contributed by atoms with Crippen molar-refractivity contribution >= 4 is 11.6 Å². The third-order valence-electron chi connectivity index (χ3n) is 5.54.